The van der Waals surface area contributed by atoms with Gasteiger partial charge in [0.1, 0.15) is 12.4 Å². The Morgan fingerprint density at radius 1 is 1.46 bits per heavy atom. The topological polar surface area (TPSA) is 87.7 Å². The molecule has 2 rings (SSSR count). The fourth-order valence-electron chi connectivity index (χ4n) is 1.86. The number of ether oxygens (including phenoxy) is 1. The zero-order chi connectivity index (χ0) is 17.0. The number of carbonyl (C=O) groups excluding carboxylic acids is 2. The number of aryl methyl sites for hydroxylation is 1. The van der Waals surface area contributed by atoms with Crippen LogP contribution in [0.1, 0.15) is 0 Å². The Labute approximate surface area is 149 Å². The molecule has 10 heteroatoms. The molecule has 130 valence electrons. The Balaban J connectivity index is 0.00000288. The summed E-state index contributed by atoms with van der Waals surface area (Å²) in [5, 5.41) is 13.1. The van der Waals surface area contributed by atoms with Crippen molar-refractivity contribution in [3.05, 3.63) is 41.9 Å². The van der Waals surface area contributed by atoms with Crippen molar-refractivity contribution in [3.63, 3.8) is 0 Å². The van der Waals surface area contributed by atoms with Crippen molar-refractivity contribution in [2.24, 2.45) is 7.05 Å². The van der Waals surface area contributed by atoms with E-state index in [9.17, 15) is 14.8 Å². The largest absolute Gasteiger partial charge is 1.00 e. The van der Waals surface area contributed by atoms with E-state index in [1.165, 1.54) is 25.3 Å². The molecule has 0 unspecified atom stereocenters. The fourth-order valence-corrected chi connectivity index (χ4v) is 2.08. The van der Waals surface area contributed by atoms with Crippen molar-refractivity contribution < 1.29 is 36.5 Å². The minimum absolute atomic E-state index is 0. The molecule has 0 radical (unpaired) electrons. The third-order valence-corrected chi connectivity index (χ3v) is 3.31. The van der Waals surface area contributed by atoms with Crippen LogP contribution in [0.5, 0.6) is 0 Å². The second kappa shape index (κ2) is 8.53. The minimum Gasteiger partial charge on any atom is -1.00 e. The highest BCUT2D eigenvalue weighted by atomic mass is 35.5. The fraction of sp³-hybridized carbons (Fsp3) is 0.214. The summed E-state index contributed by atoms with van der Waals surface area (Å²) < 4.78 is 7.87. The first-order valence-electron chi connectivity index (χ1n) is 6.58. The van der Waals surface area contributed by atoms with E-state index in [2.05, 4.69) is 10.1 Å². The van der Waals surface area contributed by atoms with E-state index < -0.39 is 12.0 Å². The molecular weight excluding hydrogens is 359 g/mol. The van der Waals surface area contributed by atoms with Crippen molar-refractivity contribution in [3.8, 4) is 0 Å². The maximum Gasteiger partial charge on any atom is 0.411 e. The molecule has 0 aliphatic carbocycles. The van der Waals surface area contributed by atoms with Gasteiger partial charge >= 0.3 is 6.09 Å². The number of aromatic nitrogens is 2. The van der Waals surface area contributed by atoms with Gasteiger partial charge in [-0.1, -0.05) is 11.6 Å². The smallest absolute Gasteiger partial charge is 0.411 e. The van der Waals surface area contributed by atoms with Crippen LogP contribution in [0, 0.1) is 0 Å². The van der Waals surface area contributed by atoms with Crippen LogP contribution in [0.25, 0.3) is 0 Å². The number of hydrogen-bond acceptors (Lipinski definition) is 4. The molecule has 0 saturated carbocycles. The van der Waals surface area contributed by atoms with Gasteiger partial charge in [-0.25, -0.2) is 13.9 Å². The zero-order valence-electron chi connectivity index (χ0n) is 12.9. The Hall–Kier alpha value is -2.29. The highest BCUT2D eigenvalue weighted by Crippen LogP contribution is 2.27. The summed E-state index contributed by atoms with van der Waals surface area (Å²) >= 11 is 6.01. The number of hydroxylamine groups is 1. The van der Waals surface area contributed by atoms with Gasteiger partial charge in [-0.3, -0.25) is 15.3 Å². The van der Waals surface area contributed by atoms with Crippen molar-refractivity contribution in [1.29, 1.82) is 0 Å². The molecule has 2 amide bonds. The molecule has 0 spiro atoms. The molecule has 8 nitrogen and oxygen atoms in total. The molecule has 1 heterocycles. The standard InChI is InChI=1S/C14H15ClN4O4.ClH/c1-17-5-6-18(9-17)8-13(20)19(22)10-3-4-12(11(15)7-10)16-14(21)23-2;/h3-7,9,22H,8H2,1-2H3;1H. The SMILES string of the molecule is COC(=O)Nc1ccc(N(O)C(=O)Cn2cc[n+](C)c2)cc1Cl.[Cl-]. The maximum atomic E-state index is 12.1. The minimum atomic E-state index is -0.669. The number of amides is 2. The van der Waals surface area contributed by atoms with Gasteiger partial charge in [0, 0.05) is 0 Å². The third-order valence-electron chi connectivity index (χ3n) is 3.00. The predicted molar refractivity (Wildman–Crippen MR) is 82.4 cm³/mol. The normalized spacial score (nSPS) is 9.83. The number of carbonyl (C=O) groups is 2. The van der Waals surface area contributed by atoms with E-state index in [0.717, 1.165) is 0 Å². The van der Waals surface area contributed by atoms with Crippen LogP contribution in [-0.4, -0.2) is 28.9 Å². The average molecular weight is 375 g/mol. The van der Waals surface area contributed by atoms with Crippen LogP contribution in [0.4, 0.5) is 16.2 Å². The molecule has 24 heavy (non-hydrogen) atoms. The molecule has 0 fully saturated rings. The van der Waals surface area contributed by atoms with E-state index in [-0.39, 0.29) is 29.7 Å². The molecule has 0 aliphatic heterocycles. The number of benzene rings is 1. The van der Waals surface area contributed by atoms with Crippen LogP contribution in [0.15, 0.2) is 36.9 Å². The highest BCUT2D eigenvalue weighted by Gasteiger charge is 2.18. The van der Waals surface area contributed by atoms with Crippen LogP contribution in [0.2, 0.25) is 5.02 Å². The van der Waals surface area contributed by atoms with Gasteiger partial charge in [-0.15, -0.1) is 0 Å². The van der Waals surface area contributed by atoms with Gasteiger partial charge in [0.25, 0.3) is 5.91 Å². The lowest BCUT2D eigenvalue weighted by molar-refractivity contribution is -0.671. The van der Waals surface area contributed by atoms with Crippen LogP contribution in [0.3, 0.4) is 0 Å². The van der Waals surface area contributed by atoms with E-state index in [1.807, 2.05) is 7.05 Å². The van der Waals surface area contributed by atoms with Gasteiger partial charge in [-0.05, 0) is 18.2 Å². The molecule has 0 atom stereocenters. The number of hydrogen-bond donors (Lipinski definition) is 2. The number of halogens is 2. The lowest BCUT2D eigenvalue weighted by Crippen LogP contribution is -3.00. The van der Waals surface area contributed by atoms with Crippen molar-refractivity contribution in [2.45, 2.75) is 6.54 Å². The van der Waals surface area contributed by atoms with Gasteiger partial charge in [0.05, 0.1) is 30.6 Å². The molecular formula is C14H16Cl2N4O4. The molecule has 2 aromatic rings. The van der Waals surface area contributed by atoms with E-state index in [1.54, 1.807) is 27.9 Å². The first-order valence-corrected chi connectivity index (χ1v) is 6.96. The van der Waals surface area contributed by atoms with E-state index in [0.29, 0.717) is 10.8 Å². The Bertz CT molecular complexity index is 735. The van der Waals surface area contributed by atoms with Crippen LogP contribution >= 0.6 is 11.6 Å². The Kier molecular flexibility index (Phi) is 7.02. The molecule has 1 aromatic carbocycles. The second-order valence-electron chi connectivity index (χ2n) is 4.74. The lowest BCUT2D eigenvalue weighted by atomic mass is 10.2. The summed E-state index contributed by atoms with van der Waals surface area (Å²) in [6.45, 7) is -0.0306. The Morgan fingerprint density at radius 3 is 2.71 bits per heavy atom. The molecule has 0 saturated heterocycles. The van der Waals surface area contributed by atoms with Crippen molar-refractivity contribution >= 4 is 35.0 Å². The summed E-state index contributed by atoms with van der Waals surface area (Å²) in [5.74, 6) is -0.536. The Morgan fingerprint density at radius 2 is 2.17 bits per heavy atom. The number of rotatable bonds is 4. The highest BCUT2D eigenvalue weighted by molar-refractivity contribution is 6.34. The summed E-state index contributed by atoms with van der Waals surface area (Å²) in [6.07, 6.45) is 4.53. The summed E-state index contributed by atoms with van der Waals surface area (Å²) in [7, 11) is 3.05. The monoisotopic (exact) mass is 374 g/mol. The molecule has 1 aromatic heterocycles. The summed E-state index contributed by atoms with van der Waals surface area (Å²) in [4.78, 5) is 23.2. The second-order valence-corrected chi connectivity index (χ2v) is 5.14. The molecule has 0 aliphatic rings. The van der Waals surface area contributed by atoms with E-state index >= 15 is 0 Å². The number of imidazole rings is 1. The summed E-state index contributed by atoms with van der Waals surface area (Å²) in [6, 6.07) is 4.27. The van der Waals surface area contributed by atoms with Crippen molar-refractivity contribution in [2.75, 3.05) is 17.5 Å². The first-order chi connectivity index (χ1) is 10.9. The van der Waals surface area contributed by atoms with Gasteiger partial charge in [-0.2, -0.15) is 5.06 Å². The third kappa shape index (κ3) is 4.85. The first kappa shape index (κ1) is 19.8. The number of nitrogens with one attached hydrogen (secondary N) is 1. The number of methoxy groups -OCH3 is 1. The predicted octanol–water partition coefficient (Wildman–Crippen LogP) is -1.43. The van der Waals surface area contributed by atoms with E-state index in [4.69, 9.17) is 11.6 Å². The quantitative estimate of drug-likeness (QED) is 0.390. The maximum absolute atomic E-state index is 12.1. The average Bonchev–Trinajstić information content (AvgIpc) is 2.93. The molecule has 2 N–H and O–H groups in total. The number of nitrogens with zero attached hydrogens (tertiary/aromatic N) is 3. The molecule has 0 bridgehead atoms. The van der Waals surface area contributed by atoms with Gasteiger partial charge in [0.15, 0.2) is 6.54 Å². The summed E-state index contributed by atoms with van der Waals surface area (Å²) in [5.41, 5.74) is 0.493. The van der Waals surface area contributed by atoms with Crippen LogP contribution < -0.4 is 27.4 Å². The zero-order valence-corrected chi connectivity index (χ0v) is 14.5. The lowest BCUT2D eigenvalue weighted by Gasteiger charge is -2.15. The van der Waals surface area contributed by atoms with Crippen molar-refractivity contribution in [1.82, 2.24) is 4.57 Å². The van der Waals surface area contributed by atoms with Gasteiger partial charge in [0.2, 0.25) is 6.33 Å². The van der Waals surface area contributed by atoms with Gasteiger partial charge < -0.3 is 17.1 Å². The van der Waals surface area contributed by atoms with Crippen LogP contribution in [-0.2, 0) is 23.1 Å². The number of anilines is 2.